The van der Waals surface area contributed by atoms with Crippen LogP contribution in [0.1, 0.15) is 21.6 Å². The number of ketones is 1. The van der Waals surface area contributed by atoms with Crippen LogP contribution in [0.3, 0.4) is 0 Å². The van der Waals surface area contributed by atoms with E-state index in [9.17, 15) is 13.2 Å². The fraction of sp³-hybridized carbons (Fsp3) is 0.179. The number of fused-ring (bicyclic) bond motifs is 1. The van der Waals surface area contributed by atoms with E-state index in [-0.39, 0.29) is 41.1 Å². The molecule has 12 nitrogen and oxygen atoms in total. The Morgan fingerprint density at radius 1 is 1.12 bits per heavy atom. The van der Waals surface area contributed by atoms with Crippen molar-refractivity contribution in [2.75, 3.05) is 36.8 Å². The van der Waals surface area contributed by atoms with Crippen molar-refractivity contribution in [3.8, 4) is 17.3 Å². The highest BCUT2D eigenvalue weighted by molar-refractivity contribution is 7.90. The van der Waals surface area contributed by atoms with Crippen LogP contribution in [0, 0.1) is 6.92 Å². The Hall–Kier alpha value is -4.14. The van der Waals surface area contributed by atoms with Gasteiger partial charge in [-0.2, -0.15) is 17.8 Å². The summed E-state index contributed by atoms with van der Waals surface area (Å²) in [5.41, 5.74) is 8.89. The molecule has 0 unspecified atom stereocenters. The van der Waals surface area contributed by atoms with E-state index in [1.165, 1.54) is 15.2 Å². The van der Waals surface area contributed by atoms with Crippen LogP contribution in [-0.2, 0) is 14.9 Å². The number of halogens is 2. The van der Waals surface area contributed by atoms with Crippen LogP contribution in [0.15, 0.2) is 60.9 Å². The molecule has 0 bridgehead atoms. The number of H-pyrrole nitrogens is 1. The highest BCUT2D eigenvalue weighted by Gasteiger charge is 2.26. The fourth-order valence-electron chi connectivity index (χ4n) is 4.67. The molecule has 15 heteroatoms. The average Bonchev–Trinajstić information content (AvgIpc) is 3.57. The maximum Gasteiger partial charge on any atom is 0.301 e. The Labute approximate surface area is 256 Å². The molecule has 0 spiro atoms. The van der Waals surface area contributed by atoms with Crippen LogP contribution in [0.4, 0.5) is 11.5 Å². The summed E-state index contributed by atoms with van der Waals surface area (Å²) in [7, 11) is -3.77. The molecule has 4 heterocycles. The normalized spacial score (nSPS) is 14.2. The maximum absolute atomic E-state index is 13.5. The van der Waals surface area contributed by atoms with Crippen LogP contribution in [-0.4, -0.2) is 64.6 Å². The number of nitrogens with one attached hydrogen (secondary N) is 2. The molecule has 4 N–H and O–H groups in total. The molecule has 0 radical (unpaired) electrons. The van der Waals surface area contributed by atoms with Crippen molar-refractivity contribution in [2.45, 2.75) is 6.92 Å². The molecular weight excluding hydrogens is 617 g/mol. The molecule has 1 fully saturated rings. The van der Waals surface area contributed by atoms with Gasteiger partial charge in [-0.05, 0) is 55.0 Å². The van der Waals surface area contributed by atoms with Gasteiger partial charge in [0.2, 0.25) is 11.7 Å². The molecule has 2 aromatic carbocycles. The number of nitrogen functional groups attached to an aromatic ring is 1. The fourth-order valence-corrected chi connectivity index (χ4v) is 6.34. The van der Waals surface area contributed by atoms with Crippen molar-refractivity contribution in [2.24, 2.45) is 0 Å². The van der Waals surface area contributed by atoms with Crippen LogP contribution >= 0.6 is 23.2 Å². The number of aryl methyl sites for hydroxylation is 1. The number of aromatic amines is 1. The summed E-state index contributed by atoms with van der Waals surface area (Å²) in [6.07, 6.45) is 2.92. The second kappa shape index (κ2) is 11.5. The zero-order chi connectivity index (χ0) is 30.3. The lowest BCUT2D eigenvalue weighted by Crippen LogP contribution is -2.43. The zero-order valence-corrected chi connectivity index (χ0v) is 25.0. The van der Waals surface area contributed by atoms with Gasteiger partial charge in [-0.15, -0.1) is 0 Å². The van der Waals surface area contributed by atoms with Gasteiger partial charge >= 0.3 is 10.2 Å². The van der Waals surface area contributed by atoms with E-state index in [1.54, 1.807) is 61.7 Å². The first kappa shape index (κ1) is 29.0. The van der Waals surface area contributed by atoms with Crippen molar-refractivity contribution in [1.29, 1.82) is 0 Å². The van der Waals surface area contributed by atoms with Gasteiger partial charge < -0.3 is 20.2 Å². The first-order valence-electron chi connectivity index (χ1n) is 13.1. The van der Waals surface area contributed by atoms with E-state index < -0.39 is 16.0 Å². The van der Waals surface area contributed by atoms with Crippen LogP contribution in [0.25, 0.3) is 16.6 Å². The van der Waals surface area contributed by atoms with E-state index in [0.717, 1.165) is 5.39 Å². The number of nitrogens with zero attached hydrogens (tertiary/aromatic N) is 4. The average molecular weight is 643 g/mol. The van der Waals surface area contributed by atoms with Crippen LogP contribution < -0.4 is 15.2 Å². The molecule has 0 atom stereocenters. The number of pyridine rings is 1. The first-order valence-corrected chi connectivity index (χ1v) is 15.3. The highest BCUT2D eigenvalue weighted by atomic mass is 35.5. The lowest BCUT2D eigenvalue weighted by Gasteiger charge is -2.26. The molecule has 3 aromatic heterocycles. The summed E-state index contributed by atoms with van der Waals surface area (Å²) in [6, 6.07) is 13.4. The molecule has 6 rings (SSSR count). The Morgan fingerprint density at radius 3 is 2.65 bits per heavy atom. The van der Waals surface area contributed by atoms with E-state index in [1.807, 2.05) is 0 Å². The minimum atomic E-state index is -3.77. The second-order valence-electron chi connectivity index (χ2n) is 9.75. The maximum atomic E-state index is 13.5. The van der Waals surface area contributed by atoms with Gasteiger partial charge in [0.1, 0.15) is 16.6 Å². The Kier molecular flexibility index (Phi) is 7.75. The number of hydrogen-bond donors (Lipinski definition) is 3. The van der Waals surface area contributed by atoms with Crippen molar-refractivity contribution >= 4 is 61.6 Å². The highest BCUT2D eigenvalue weighted by Crippen LogP contribution is 2.33. The van der Waals surface area contributed by atoms with Crippen molar-refractivity contribution < 1.29 is 22.7 Å². The SMILES string of the molecule is Cc1cc2cc(C(=O)c3cnn(-c4ccc(Oc5ncccc5Cl)cc4Cl)c3N)[nH]c2cc1NS(=O)(=O)N1CCOCC1. The molecule has 0 amide bonds. The van der Waals surface area contributed by atoms with Gasteiger partial charge in [0.15, 0.2) is 0 Å². The van der Waals surface area contributed by atoms with Crippen molar-refractivity contribution in [1.82, 2.24) is 24.1 Å². The minimum Gasteiger partial charge on any atom is -0.437 e. The van der Waals surface area contributed by atoms with Gasteiger partial charge in [-0.3, -0.25) is 9.52 Å². The van der Waals surface area contributed by atoms with Gasteiger partial charge in [0, 0.05) is 36.3 Å². The molecule has 222 valence electrons. The quantitative estimate of drug-likeness (QED) is 0.201. The van der Waals surface area contributed by atoms with Crippen LogP contribution in [0.2, 0.25) is 10.0 Å². The third-order valence-corrected chi connectivity index (χ3v) is 9.01. The molecule has 0 aliphatic carbocycles. The topological polar surface area (TPSA) is 157 Å². The number of aromatic nitrogens is 4. The van der Waals surface area contributed by atoms with E-state index in [2.05, 4.69) is 19.8 Å². The number of benzene rings is 2. The number of hydrogen-bond acceptors (Lipinski definition) is 8. The molecule has 1 saturated heterocycles. The Balaban J connectivity index is 1.24. The summed E-state index contributed by atoms with van der Waals surface area (Å²) in [5.74, 6) is 0.321. The Morgan fingerprint density at radius 2 is 1.91 bits per heavy atom. The number of ether oxygens (including phenoxy) is 2. The third kappa shape index (κ3) is 5.77. The lowest BCUT2D eigenvalue weighted by molar-refractivity contribution is 0.0733. The third-order valence-electron chi connectivity index (χ3n) is 6.90. The summed E-state index contributed by atoms with van der Waals surface area (Å²) < 4.78 is 42.1. The number of rotatable bonds is 8. The smallest absolute Gasteiger partial charge is 0.301 e. The number of anilines is 2. The van der Waals surface area contributed by atoms with Gasteiger partial charge in [0.25, 0.3) is 0 Å². The summed E-state index contributed by atoms with van der Waals surface area (Å²) in [6.45, 7) is 3.02. The van der Waals surface area contributed by atoms with Gasteiger partial charge in [-0.1, -0.05) is 23.2 Å². The van der Waals surface area contributed by atoms with E-state index in [0.29, 0.717) is 46.4 Å². The molecule has 0 saturated carbocycles. The summed E-state index contributed by atoms with van der Waals surface area (Å²) in [5, 5.41) is 5.64. The number of carbonyl (C=O) groups is 1. The first-order chi connectivity index (χ1) is 20.6. The molecule has 43 heavy (non-hydrogen) atoms. The van der Waals surface area contributed by atoms with Crippen LogP contribution in [0.5, 0.6) is 11.6 Å². The van der Waals surface area contributed by atoms with Crippen molar-refractivity contribution in [3.05, 3.63) is 87.8 Å². The molecule has 5 aromatic rings. The second-order valence-corrected chi connectivity index (χ2v) is 12.2. The Bertz CT molecular complexity index is 1970. The number of morpholine rings is 1. The minimum absolute atomic E-state index is 0.0853. The van der Waals surface area contributed by atoms with E-state index in [4.69, 9.17) is 38.4 Å². The van der Waals surface area contributed by atoms with Gasteiger partial charge in [-0.25, -0.2) is 9.67 Å². The molecular formula is C28H25Cl2N7O5S. The standard InChI is InChI=1S/C28H25Cl2N7O5S/c1-16-11-17-12-24(34-23(17)14-22(16)35-43(39,40)36-7-9-41-10-8-36)26(38)19-15-33-37(27(19)31)25-5-4-18(13-21(25)30)42-28-20(29)3-2-6-32-28/h2-6,11-15,34-35H,7-10,31H2,1H3. The predicted molar refractivity (Wildman–Crippen MR) is 164 cm³/mol. The number of nitrogens with two attached hydrogens (primary N) is 1. The van der Waals surface area contributed by atoms with Gasteiger partial charge in [0.05, 0.1) is 47.1 Å². The molecule has 1 aliphatic rings. The summed E-state index contributed by atoms with van der Waals surface area (Å²) in [4.78, 5) is 20.7. The largest absolute Gasteiger partial charge is 0.437 e. The predicted octanol–water partition coefficient (Wildman–Crippen LogP) is 4.96. The van der Waals surface area contributed by atoms with Crippen molar-refractivity contribution in [3.63, 3.8) is 0 Å². The lowest BCUT2D eigenvalue weighted by atomic mass is 10.1. The number of carbonyl (C=O) groups excluding carboxylic acids is 1. The van der Waals surface area contributed by atoms with E-state index >= 15 is 0 Å². The molecule has 1 aliphatic heterocycles. The zero-order valence-electron chi connectivity index (χ0n) is 22.7. The monoisotopic (exact) mass is 641 g/mol. The summed E-state index contributed by atoms with van der Waals surface area (Å²) >= 11 is 12.6.